The van der Waals surface area contributed by atoms with E-state index >= 15 is 0 Å². The van der Waals surface area contributed by atoms with Crippen LogP contribution in [0.25, 0.3) is 0 Å². The van der Waals surface area contributed by atoms with Gasteiger partial charge in [-0.05, 0) is 40.4 Å². The van der Waals surface area contributed by atoms with Crippen molar-refractivity contribution >= 4 is 0 Å². The SMILES string of the molecule is CNCCCCC(C)NC. The molecule has 10 heavy (non-hydrogen) atoms. The van der Waals surface area contributed by atoms with Gasteiger partial charge in [-0.1, -0.05) is 6.42 Å². The maximum Gasteiger partial charge on any atom is 0.00357 e. The Bertz CT molecular complexity index is 64.3. The van der Waals surface area contributed by atoms with E-state index < -0.39 is 0 Å². The number of rotatable bonds is 6. The molecule has 1 atom stereocenters. The van der Waals surface area contributed by atoms with Crippen LogP contribution in [-0.2, 0) is 0 Å². The van der Waals surface area contributed by atoms with Crippen LogP contribution in [-0.4, -0.2) is 26.7 Å². The third-order valence-corrected chi connectivity index (χ3v) is 1.81. The summed E-state index contributed by atoms with van der Waals surface area (Å²) >= 11 is 0. The van der Waals surface area contributed by atoms with E-state index in [1.165, 1.54) is 19.3 Å². The summed E-state index contributed by atoms with van der Waals surface area (Å²) in [5, 5.41) is 6.36. The molecule has 0 bridgehead atoms. The molecule has 0 spiro atoms. The third-order valence-electron chi connectivity index (χ3n) is 1.81. The Morgan fingerprint density at radius 3 is 2.40 bits per heavy atom. The molecule has 0 saturated heterocycles. The first-order valence-electron chi connectivity index (χ1n) is 4.13. The third kappa shape index (κ3) is 6.05. The van der Waals surface area contributed by atoms with Crippen molar-refractivity contribution in [1.29, 1.82) is 0 Å². The van der Waals surface area contributed by atoms with Gasteiger partial charge in [-0.2, -0.15) is 0 Å². The van der Waals surface area contributed by atoms with Gasteiger partial charge in [0.15, 0.2) is 0 Å². The highest BCUT2D eigenvalue weighted by molar-refractivity contribution is 4.56. The van der Waals surface area contributed by atoms with E-state index in [-0.39, 0.29) is 0 Å². The lowest BCUT2D eigenvalue weighted by atomic mass is 10.1. The molecule has 2 heteroatoms. The topological polar surface area (TPSA) is 24.1 Å². The van der Waals surface area contributed by atoms with E-state index in [1.807, 2.05) is 14.1 Å². The Morgan fingerprint density at radius 2 is 1.90 bits per heavy atom. The van der Waals surface area contributed by atoms with Gasteiger partial charge in [-0.25, -0.2) is 0 Å². The van der Waals surface area contributed by atoms with Crippen LogP contribution in [0.1, 0.15) is 26.2 Å². The number of hydrogen-bond acceptors (Lipinski definition) is 2. The maximum atomic E-state index is 3.22. The molecule has 0 heterocycles. The second-order valence-corrected chi connectivity index (χ2v) is 2.79. The van der Waals surface area contributed by atoms with Crippen LogP contribution in [0.5, 0.6) is 0 Å². The van der Waals surface area contributed by atoms with Crippen LogP contribution in [0.3, 0.4) is 0 Å². The number of nitrogens with one attached hydrogen (secondary N) is 2. The fourth-order valence-electron chi connectivity index (χ4n) is 0.897. The molecule has 0 aromatic carbocycles. The molecule has 0 aromatic rings. The highest BCUT2D eigenvalue weighted by atomic mass is 14.8. The van der Waals surface area contributed by atoms with E-state index in [0.29, 0.717) is 6.04 Å². The summed E-state index contributed by atoms with van der Waals surface area (Å²) in [6.07, 6.45) is 3.91. The molecular weight excluding hydrogens is 124 g/mol. The maximum absolute atomic E-state index is 3.22. The Hall–Kier alpha value is -0.0800. The minimum absolute atomic E-state index is 0.678. The van der Waals surface area contributed by atoms with Gasteiger partial charge < -0.3 is 10.6 Å². The van der Waals surface area contributed by atoms with Gasteiger partial charge >= 0.3 is 0 Å². The summed E-state index contributed by atoms with van der Waals surface area (Å²) in [4.78, 5) is 0. The fourth-order valence-corrected chi connectivity index (χ4v) is 0.897. The minimum Gasteiger partial charge on any atom is -0.320 e. The second kappa shape index (κ2) is 7.03. The van der Waals surface area contributed by atoms with Crippen molar-refractivity contribution in [2.75, 3.05) is 20.6 Å². The van der Waals surface area contributed by atoms with Crippen LogP contribution < -0.4 is 10.6 Å². The van der Waals surface area contributed by atoms with Crippen LogP contribution >= 0.6 is 0 Å². The van der Waals surface area contributed by atoms with Gasteiger partial charge in [0.1, 0.15) is 0 Å². The molecular formula is C8H20N2. The second-order valence-electron chi connectivity index (χ2n) is 2.79. The average molecular weight is 144 g/mol. The molecule has 1 unspecified atom stereocenters. The van der Waals surface area contributed by atoms with E-state index in [0.717, 1.165) is 6.54 Å². The molecule has 0 rings (SSSR count). The lowest BCUT2D eigenvalue weighted by molar-refractivity contribution is 0.522. The molecule has 0 aromatic heterocycles. The normalized spacial score (nSPS) is 13.5. The number of unbranched alkanes of at least 4 members (excludes halogenated alkanes) is 1. The van der Waals surface area contributed by atoms with Gasteiger partial charge in [-0.3, -0.25) is 0 Å². The lowest BCUT2D eigenvalue weighted by Gasteiger charge is -2.08. The summed E-state index contributed by atoms with van der Waals surface area (Å²) in [5.74, 6) is 0. The van der Waals surface area contributed by atoms with Crippen molar-refractivity contribution in [2.24, 2.45) is 0 Å². The first-order valence-corrected chi connectivity index (χ1v) is 4.13. The molecule has 0 aliphatic carbocycles. The predicted molar refractivity (Wildman–Crippen MR) is 46.3 cm³/mol. The summed E-state index contributed by atoms with van der Waals surface area (Å²) in [6.45, 7) is 3.37. The number of hydrogen-bond donors (Lipinski definition) is 2. The van der Waals surface area contributed by atoms with Crippen LogP contribution in [0, 0.1) is 0 Å². The monoisotopic (exact) mass is 144 g/mol. The zero-order valence-electron chi connectivity index (χ0n) is 7.41. The molecule has 2 nitrogen and oxygen atoms in total. The summed E-state index contributed by atoms with van der Waals surface area (Å²) in [5.41, 5.74) is 0. The van der Waals surface area contributed by atoms with Crippen molar-refractivity contribution in [3.63, 3.8) is 0 Å². The molecule has 0 aliphatic heterocycles. The van der Waals surface area contributed by atoms with Crippen molar-refractivity contribution in [3.05, 3.63) is 0 Å². The van der Waals surface area contributed by atoms with Gasteiger partial charge in [0.2, 0.25) is 0 Å². The van der Waals surface area contributed by atoms with Gasteiger partial charge in [0.25, 0.3) is 0 Å². The Morgan fingerprint density at radius 1 is 1.20 bits per heavy atom. The first kappa shape index (κ1) is 9.92. The fraction of sp³-hybridized carbons (Fsp3) is 1.00. The van der Waals surface area contributed by atoms with E-state index in [1.54, 1.807) is 0 Å². The van der Waals surface area contributed by atoms with E-state index in [4.69, 9.17) is 0 Å². The van der Waals surface area contributed by atoms with Crippen LogP contribution in [0.2, 0.25) is 0 Å². The molecule has 2 N–H and O–H groups in total. The standard InChI is InChI=1S/C8H20N2/c1-8(10-3)6-4-5-7-9-2/h8-10H,4-7H2,1-3H3. The summed E-state index contributed by atoms with van der Waals surface area (Å²) in [7, 11) is 4.02. The zero-order valence-corrected chi connectivity index (χ0v) is 7.41. The predicted octanol–water partition coefficient (Wildman–Crippen LogP) is 0.984. The first-order chi connectivity index (χ1) is 4.81. The zero-order chi connectivity index (χ0) is 7.82. The van der Waals surface area contributed by atoms with Gasteiger partial charge in [0, 0.05) is 6.04 Å². The van der Waals surface area contributed by atoms with Crippen molar-refractivity contribution in [3.8, 4) is 0 Å². The molecule has 0 amide bonds. The quantitative estimate of drug-likeness (QED) is 0.543. The summed E-state index contributed by atoms with van der Waals surface area (Å²) < 4.78 is 0. The van der Waals surface area contributed by atoms with E-state index in [2.05, 4.69) is 17.6 Å². The van der Waals surface area contributed by atoms with Crippen molar-refractivity contribution in [1.82, 2.24) is 10.6 Å². The highest BCUT2D eigenvalue weighted by Gasteiger charge is 1.95. The Balaban J connectivity index is 2.89. The molecule has 0 saturated carbocycles. The molecule has 0 fully saturated rings. The largest absolute Gasteiger partial charge is 0.320 e. The van der Waals surface area contributed by atoms with Crippen LogP contribution in [0.15, 0.2) is 0 Å². The van der Waals surface area contributed by atoms with E-state index in [9.17, 15) is 0 Å². The molecule has 0 radical (unpaired) electrons. The minimum atomic E-state index is 0.678. The molecule has 62 valence electrons. The van der Waals surface area contributed by atoms with Crippen molar-refractivity contribution in [2.45, 2.75) is 32.2 Å². The Labute approximate surface area is 64.4 Å². The highest BCUT2D eigenvalue weighted by Crippen LogP contribution is 1.97. The average Bonchev–Trinajstić information content (AvgIpc) is 1.98. The lowest BCUT2D eigenvalue weighted by Crippen LogP contribution is -2.21. The van der Waals surface area contributed by atoms with Gasteiger partial charge in [-0.15, -0.1) is 0 Å². The van der Waals surface area contributed by atoms with Crippen molar-refractivity contribution < 1.29 is 0 Å². The molecule has 0 aliphatic rings. The Kier molecular flexibility index (Phi) is 6.98. The smallest absolute Gasteiger partial charge is 0.00357 e. The van der Waals surface area contributed by atoms with Crippen LogP contribution in [0.4, 0.5) is 0 Å². The van der Waals surface area contributed by atoms with Gasteiger partial charge in [0.05, 0.1) is 0 Å². The summed E-state index contributed by atoms with van der Waals surface area (Å²) in [6, 6.07) is 0.678.